The second kappa shape index (κ2) is 7.32. The summed E-state index contributed by atoms with van der Waals surface area (Å²) in [4.78, 5) is 11.7. The van der Waals surface area contributed by atoms with E-state index in [0.717, 1.165) is 0 Å². The van der Waals surface area contributed by atoms with Gasteiger partial charge in [-0.2, -0.15) is 24.5 Å². The number of urea groups is 1. The summed E-state index contributed by atoms with van der Waals surface area (Å²) in [6.07, 6.45) is -3.97. The Balaban J connectivity index is 1.75. The van der Waals surface area contributed by atoms with Crippen molar-refractivity contribution in [2.75, 3.05) is 6.54 Å². The van der Waals surface area contributed by atoms with Crippen molar-refractivity contribution < 1.29 is 23.1 Å². The van der Waals surface area contributed by atoms with Gasteiger partial charge in [-0.25, -0.2) is 4.79 Å². The van der Waals surface area contributed by atoms with E-state index < -0.39 is 30.3 Å². The van der Waals surface area contributed by atoms with E-state index in [-0.39, 0.29) is 19.4 Å². The number of hydrogen-bond donors (Lipinski definition) is 3. The molecule has 0 aromatic carbocycles. The highest BCUT2D eigenvalue weighted by atomic mass is 32.1. The van der Waals surface area contributed by atoms with Gasteiger partial charge in [-0.15, -0.1) is 0 Å². The Hall–Kier alpha value is -1.28. The molecule has 8 heteroatoms. The predicted octanol–water partition coefficient (Wildman–Crippen LogP) is 3.20. The van der Waals surface area contributed by atoms with Gasteiger partial charge in [0.2, 0.25) is 0 Å². The molecule has 3 unspecified atom stereocenters. The van der Waals surface area contributed by atoms with Gasteiger partial charge in [0.1, 0.15) is 0 Å². The molecule has 1 heterocycles. The van der Waals surface area contributed by atoms with Gasteiger partial charge in [0.05, 0.1) is 12.0 Å². The standard InChI is InChI=1S/C14H19F3N2O2S/c15-14(16,17)10-2-1-3-11(6-10)19-13(21)18-7-12(20)9-4-5-22-8-9/h4-5,8,10-12,20H,1-3,6-7H2,(H2,18,19,21). The molecule has 0 spiro atoms. The lowest BCUT2D eigenvalue weighted by atomic mass is 9.85. The molecule has 3 N–H and O–H groups in total. The Kier molecular flexibility index (Phi) is 5.69. The van der Waals surface area contributed by atoms with Crippen molar-refractivity contribution in [3.63, 3.8) is 0 Å². The third-order valence-corrected chi connectivity index (χ3v) is 4.56. The second-order valence-corrected chi connectivity index (χ2v) is 6.31. The van der Waals surface area contributed by atoms with E-state index in [4.69, 9.17) is 0 Å². The number of alkyl halides is 3. The maximum atomic E-state index is 12.7. The molecule has 0 radical (unpaired) electrons. The highest BCUT2D eigenvalue weighted by Gasteiger charge is 2.42. The Morgan fingerprint density at radius 2 is 2.23 bits per heavy atom. The topological polar surface area (TPSA) is 61.4 Å². The number of aliphatic hydroxyl groups excluding tert-OH is 1. The van der Waals surface area contributed by atoms with Crippen LogP contribution in [0.5, 0.6) is 0 Å². The minimum absolute atomic E-state index is 0.0258. The highest BCUT2D eigenvalue weighted by Crippen LogP contribution is 2.37. The first-order valence-electron chi connectivity index (χ1n) is 7.17. The smallest absolute Gasteiger partial charge is 0.387 e. The normalized spacial score (nSPS) is 23.8. The highest BCUT2D eigenvalue weighted by molar-refractivity contribution is 7.07. The molecular formula is C14H19F3N2O2S. The van der Waals surface area contributed by atoms with Gasteiger partial charge in [-0.1, -0.05) is 6.42 Å². The average molecular weight is 336 g/mol. The first kappa shape index (κ1) is 17.1. The van der Waals surface area contributed by atoms with Crippen LogP contribution in [0, 0.1) is 5.92 Å². The van der Waals surface area contributed by atoms with Crippen LogP contribution in [0.15, 0.2) is 16.8 Å². The summed E-state index contributed by atoms with van der Waals surface area (Å²) >= 11 is 1.44. The van der Waals surface area contributed by atoms with Gasteiger partial charge in [0.25, 0.3) is 0 Å². The molecule has 0 bridgehead atoms. The number of carbonyl (C=O) groups is 1. The molecular weight excluding hydrogens is 317 g/mol. The van der Waals surface area contributed by atoms with Crippen LogP contribution in [0.4, 0.5) is 18.0 Å². The zero-order valence-corrected chi connectivity index (χ0v) is 12.7. The number of amides is 2. The monoisotopic (exact) mass is 336 g/mol. The fourth-order valence-corrected chi connectivity index (χ4v) is 3.33. The molecule has 2 amide bonds. The maximum Gasteiger partial charge on any atom is 0.391 e. The van der Waals surface area contributed by atoms with Crippen LogP contribution in [0.2, 0.25) is 0 Å². The zero-order valence-electron chi connectivity index (χ0n) is 11.9. The number of carbonyl (C=O) groups excluding carboxylic acids is 1. The van der Waals surface area contributed by atoms with Gasteiger partial charge in [0.15, 0.2) is 0 Å². The van der Waals surface area contributed by atoms with Crippen LogP contribution in [0.1, 0.15) is 37.4 Å². The van der Waals surface area contributed by atoms with Crippen LogP contribution >= 0.6 is 11.3 Å². The largest absolute Gasteiger partial charge is 0.391 e. The summed E-state index contributed by atoms with van der Waals surface area (Å²) in [5, 5.41) is 18.5. The van der Waals surface area contributed by atoms with Gasteiger partial charge in [-0.05, 0) is 41.7 Å². The summed E-state index contributed by atoms with van der Waals surface area (Å²) < 4.78 is 38.1. The van der Waals surface area contributed by atoms with Crippen LogP contribution < -0.4 is 10.6 Å². The molecule has 1 aromatic rings. The molecule has 1 saturated carbocycles. The van der Waals surface area contributed by atoms with Crippen molar-refractivity contribution >= 4 is 17.4 Å². The fraction of sp³-hybridized carbons (Fsp3) is 0.643. The van der Waals surface area contributed by atoms with E-state index in [2.05, 4.69) is 10.6 Å². The molecule has 3 atom stereocenters. The predicted molar refractivity (Wildman–Crippen MR) is 77.6 cm³/mol. The lowest BCUT2D eigenvalue weighted by Gasteiger charge is -2.31. The van der Waals surface area contributed by atoms with E-state index in [9.17, 15) is 23.1 Å². The minimum atomic E-state index is -4.20. The molecule has 0 aliphatic heterocycles. The van der Waals surface area contributed by atoms with Crippen molar-refractivity contribution in [3.05, 3.63) is 22.4 Å². The van der Waals surface area contributed by atoms with E-state index in [1.807, 2.05) is 5.38 Å². The number of thiophene rings is 1. The Morgan fingerprint density at radius 3 is 2.86 bits per heavy atom. The Bertz CT molecular complexity index is 479. The van der Waals surface area contributed by atoms with Crippen LogP contribution in [-0.2, 0) is 0 Å². The quantitative estimate of drug-likeness (QED) is 0.791. The molecule has 124 valence electrons. The van der Waals surface area contributed by atoms with E-state index in [1.54, 1.807) is 11.4 Å². The van der Waals surface area contributed by atoms with Crippen molar-refractivity contribution in [2.24, 2.45) is 5.92 Å². The van der Waals surface area contributed by atoms with Crippen molar-refractivity contribution in [1.29, 1.82) is 0 Å². The number of rotatable bonds is 4. The lowest BCUT2D eigenvalue weighted by Crippen LogP contribution is -2.46. The summed E-state index contributed by atoms with van der Waals surface area (Å²) in [7, 11) is 0. The molecule has 22 heavy (non-hydrogen) atoms. The SMILES string of the molecule is O=C(NCC(O)c1ccsc1)NC1CCCC(C(F)(F)F)C1. The van der Waals surface area contributed by atoms with Crippen LogP contribution in [-0.4, -0.2) is 29.9 Å². The van der Waals surface area contributed by atoms with E-state index in [0.29, 0.717) is 18.4 Å². The minimum Gasteiger partial charge on any atom is -0.387 e. The average Bonchev–Trinajstić information content (AvgIpc) is 2.98. The van der Waals surface area contributed by atoms with E-state index in [1.165, 1.54) is 11.3 Å². The zero-order chi connectivity index (χ0) is 16.2. The molecule has 2 rings (SSSR count). The third kappa shape index (κ3) is 4.88. The lowest BCUT2D eigenvalue weighted by molar-refractivity contribution is -0.183. The van der Waals surface area contributed by atoms with Crippen LogP contribution in [0.3, 0.4) is 0 Å². The first-order chi connectivity index (χ1) is 10.4. The Morgan fingerprint density at radius 1 is 1.45 bits per heavy atom. The van der Waals surface area contributed by atoms with Crippen molar-refractivity contribution in [3.8, 4) is 0 Å². The molecule has 1 aromatic heterocycles. The van der Waals surface area contributed by atoms with Gasteiger partial charge < -0.3 is 15.7 Å². The molecule has 1 fully saturated rings. The van der Waals surface area contributed by atoms with Crippen molar-refractivity contribution in [1.82, 2.24) is 10.6 Å². The Labute approximate surface area is 130 Å². The summed E-state index contributed by atoms with van der Waals surface area (Å²) in [5.74, 6) is -1.34. The molecule has 1 aliphatic rings. The summed E-state index contributed by atoms with van der Waals surface area (Å²) in [6, 6.07) is 0.741. The van der Waals surface area contributed by atoms with Gasteiger partial charge in [0, 0.05) is 12.6 Å². The molecule has 1 aliphatic carbocycles. The van der Waals surface area contributed by atoms with E-state index >= 15 is 0 Å². The van der Waals surface area contributed by atoms with Gasteiger partial charge in [-0.3, -0.25) is 0 Å². The summed E-state index contributed by atoms with van der Waals surface area (Å²) in [5.41, 5.74) is 0.708. The number of nitrogens with one attached hydrogen (secondary N) is 2. The van der Waals surface area contributed by atoms with Crippen molar-refractivity contribution in [2.45, 2.75) is 44.0 Å². The number of aliphatic hydroxyl groups is 1. The number of hydrogen-bond acceptors (Lipinski definition) is 3. The van der Waals surface area contributed by atoms with Gasteiger partial charge >= 0.3 is 12.2 Å². The number of halogens is 3. The molecule has 4 nitrogen and oxygen atoms in total. The fourth-order valence-electron chi connectivity index (χ4n) is 2.63. The first-order valence-corrected chi connectivity index (χ1v) is 8.11. The maximum absolute atomic E-state index is 12.7. The third-order valence-electron chi connectivity index (χ3n) is 3.86. The molecule has 0 saturated heterocycles. The van der Waals surface area contributed by atoms with Crippen LogP contribution in [0.25, 0.3) is 0 Å². The summed E-state index contributed by atoms with van der Waals surface area (Å²) in [6.45, 7) is 0.0258. The second-order valence-electron chi connectivity index (χ2n) is 5.53.